The van der Waals surface area contributed by atoms with Crippen LogP contribution >= 0.6 is 0 Å². The fourth-order valence-electron chi connectivity index (χ4n) is 5.24. The number of ether oxygens (including phenoxy) is 2. The van der Waals surface area contributed by atoms with Crippen LogP contribution in [0.15, 0.2) is 23.8 Å². The van der Waals surface area contributed by atoms with E-state index >= 15 is 0 Å². The molecule has 1 aromatic rings. The van der Waals surface area contributed by atoms with E-state index in [-0.39, 0.29) is 5.41 Å². The van der Waals surface area contributed by atoms with Crippen molar-refractivity contribution in [3.8, 4) is 11.5 Å². The lowest BCUT2D eigenvalue weighted by Gasteiger charge is -2.53. The van der Waals surface area contributed by atoms with Crippen molar-refractivity contribution in [2.45, 2.75) is 43.2 Å². The minimum Gasteiger partial charge on any atom is -0.493 e. The number of hydrogen-bond donors (Lipinski definition) is 0. The molecule has 0 radical (unpaired) electrons. The summed E-state index contributed by atoms with van der Waals surface area (Å²) in [6.45, 7) is 1.16. The molecule has 2 aliphatic carbocycles. The molecule has 2 bridgehead atoms. The summed E-state index contributed by atoms with van der Waals surface area (Å²) in [6, 6.07) is 4.92. The molecule has 1 aromatic carbocycles. The second-order valence-electron chi connectivity index (χ2n) is 6.90. The lowest BCUT2D eigenvalue weighted by molar-refractivity contribution is 0.0817. The number of allylic oxidation sites excluding steroid dienone is 1. The van der Waals surface area contributed by atoms with Gasteiger partial charge in [-0.1, -0.05) is 12.1 Å². The average molecular weight is 283 g/mol. The standard InChI is InChI=1S/C18H21NO2/c1-19-9-8-18-12-4-3-5-15(18)21-17-14(20-2)7-6-11(16(17)18)10-13(12)19/h4,6-7,13,15H,3,5,8-10H2,1-2H3/t13-,15-,18+/m1/s1. The van der Waals surface area contributed by atoms with Gasteiger partial charge in [-0.2, -0.15) is 0 Å². The smallest absolute Gasteiger partial charge is 0.166 e. The van der Waals surface area contributed by atoms with E-state index in [1.807, 2.05) is 0 Å². The number of likely N-dealkylation sites (N-methyl/N-ethyl adjacent to an activating group) is 1. The van der Waals surface area contributed by atoms with Crippen LogP contribution in [0, 0.1) is 0 Å². The molecule has 2 aliphatic heterocycles. The van der Waals surface area contributed by atoms with E-state index < -0.39 is 0 Å². The second-order valence-corrected chi connectivity index (χ2v) is 6.90. The molecular weight excluding hydrogens is 262 g/mol. The zero-order chi connectivity index (χ0) is 14.2. The van der Waals surface area contributed by atoms with Crippen LogP contribution in [0.3, 0.4) is 0 Å². The third kappa shape index (κ3) is 1.25. The minimum atomic E-state index is 0.146. The molecule has 5 rings (SSSR count). The van der Waals surface area contributed by atoms with Crippen molar-refractivity contribution >= 4 is 0 Å². The Kier molecular flexibility index (Phi) is 2.21. The first-order chi connectivity index (χ1) is 10.3. The van der Waals surface area contributed by atoms with Gasteiger partial charge in [0.05, 0.1) is 12.5 Å². The molecule has 1 saturated heterocycles. The first-order valence-electron chi connectivity index (χ1n) is 8.03. The number of piperidine rings is 1. The Balaban J connectivity index is 1.84. The normalized spacial score (nSPS) is 35.8. The van der Waals surface area contributed by atoms with Crippen LogP contribution in [0.1, 0.15) is 30.4 Å². The Morgan fingerprint density at radius 1 is 1.38 bits per heavy atom. The lowest BCUT2D eigenvalue weighted by atomic mass is 9.56. The van der Waals surface area contributed by atoms with E-state index in [0.29, 0.717) is 12.1 Å². The Bertz CT molecular complexity index is 665. The van der Waals surface area contributed by atoms with E-state index in [9.17, 15) is 0 Å². The lowest BCUT2D eigenvalue weighted by Crippen LogP contribution is -2.58. The van der Waals surface area contributed by atoms with Crippen molar-refractivity contribution in [3.63, 3.8) is 0 Å². The number of benzene rings is 1. The Labute approximate surface area is 125 Å². The predicted molar refractivity (Wildman–Crippen MR) is 81.1 cm³/mol. The van der Waals surface area contributed by atoms with Gasteiger partial charge in [-0.3, -0.25) is 4.90 Å². The highest BCUT2D eigenvalue weighted by molar-refractivity contribution is 5.65. The van der Waals surface area contributed by atoms with Gasteiger partial charge in [0.25, 0.3) is 0 Å². The largest absolute Gasteiger partial charge is 0.493 e. The maximum Gasteiger partial charge on any atom is 0.166 e. The van der Waals surface area contributed by atoms with E-state index in [1.54, 1.807) is 12.7 Å². The van der Waals surface area contributed by atoms with Crippen LogP contribution in [-0.2, 0) is 11.8 Å². The van der Waals surface area contributed by atoms with Crippen LogP contribution in [-0.4, -0.2) is 37.7 Å². The summed E-state index contributed by atoms with van der Waals surface area (Å²) in [5.41, 5.74) is 4.71. The predicted octanol–water partition coefficient (Wildman–Crippen LogP) is 2.67. The van der Waals surface area contributed by atoms with Crippen molar-refractivity contribution in [1.29, 1.82) is 0 Å². The number of rotatable bonds is 1. The highest BCUT2D eigenvalue weighted by Crippen LogP contribution is 2.62. The van der Waals surface area contributed by atoms with Gasteiger partial charge in [-0.15, -0.1) is 0 Å². The Morgan fingerprint density at radius 2 is 2.29 bits per heavy atom. The maximum atomic E-state index is 6.45. The molecule has 0 saturated carbocycles. The van der Waals surface area contributed by atoms with Crippen molar-refractivity contribution in [2.75, 3.05) is 20.7 Å². The summed E-state index contributed by atoms with van der Waals surface area (Å²) in [4.78, 5) is 2.53. The molecule has 110 valence electrons. The number of hydrogen-bond acceptors (Lipinski definition) is 3. The van der Waals surface area contributed by atoms with Gasteiger partial charge in [-0.25, -0.2) is 0 Å². The molecule has 0 unspecified atom stereocenters. The van der Waals surface area contributed by atoms with Gasteiger partial charge in [0.1, 0.15) is 6.10 Å². The number of nitrogens with zero attached hydrogens (tertiary/aromatic N) is 1. The van der Waals surface area contributed by atoms with E-state index in [1.165, 1.54) is 17.5 Å². The van der Waals surface area contributed by atoms with Crippen LogP contribution < -0.4 is 9.47 Å². The fraction of sp³-hybridized carbons (Fsp3) is 0.556. The first-order valence-corrected chi connectivity index (χ1v) is 8.03. The third-order valence-electron chi connectivity index (χ3n) is 6.16. The molecule has 2 heterocycles. The first kappa shape index (κ1) is 12.1. The van der Waals surface area contributed by atoms with Crippen molar-refractivity contribution in [3.05, 3.63) is 34.9 Å². The molecular formula is C18H21NO2. The molecule has 0 amide bonds. The fourth-order valence-corrected chi connectivity index (χ4v) is 5.24. The maximum absolute atomic E-state index is 6.45. The topological polar surface area (TPSA) is 21.7 Å². The summed E-state index contributed by atoms with van der Waals surface area (Å²) >= 11 is 0. The van der Waals surface area contributed by atoms with Gasteiger partial charge in [0, 0.05) is 11.6 Å². The average Bonchev–Trinajstić information content (AvgIpc) is 2.84. The van der Waals surface area contributed by atoms with E-state index in [4.69, 9.17) is 9.47 Å². The van der Waals surface area contributed by atoms with Crippen LogP contribution in [0.4, 0.5) is 0 Å². The second kappa shape index (κ2) is 3.83. The van der Waals surface area contributed by atoms with Crippen LogP contribution in [0.2, 0.25) is 0 Å². The summed E-state index contributed by atoms with van der Waals surface area (Å²) in [5, 5.41) is 0. The molecule has 3 atom stereocenters. The third-order valence-corrected chi connectivity index (χ3v) is 6.16. The van der Waals surface area contributed by atoms with E-state index in [0.717, 1.165) is 37.3 Å². The van der Waals surface area contributed by atoms with Gasteiger partial charge in [-0.05, 0) is 56.5 Å². The van der Waals surface area contributed by atoms with Crippen molar-refractivity contribution in [2.24, 2.45) is 0 Å². The zero-order valence-electron chi connectivity index (χ0n) is 12.7. The SMILES string of the molecule is COc1ccc2c3c1O[C@@H]1CCC=C4[C@@H](C2)N(C)CC[C@@]431. The quantitative estimate of drug-likeness (QED) is 0.740. The van der Waals surface area contributed by atoms with Gasteiger partial charge >= 0.3 is 0 Å². The summed E-state index contributed by atoms with van der Waals surface area (Å²) in [7, 11) is 4.02. The molecule has 21 heavy (non-hydrogen) atoms. The summed E-state index contributed by atoms with van der Waals surface area (Å²) in [5.74, 6) is 1.95. The molecule has 0 aromatic heterocycles. The Morgan fingerprint density at radius 3 is 3.14 bits per heavy atom. The van der Waals surface area contributed by atoms with Gasteiger partial charge < -0.3 is 9.47 Å². The van der Waals surface area contributed by atoms with Gasteiger partial charge in [0.2, 0.25) is 0 Å². The number of likely N-dealkylation sites (tertiary alicyclic amines) is 1. The van der Waals surface area contributed by atoms with Crippen molar-refractivity contribution < 1.29 is 9.47 Å². The van der Waals surface area contributed by atoms with Crippen molar-refractivity contribution in [1.82, 2.24) is 4.90 Å². The summed E-state index contributed by atoms with van der Waals surface area (Å²) in [6.07, 6.45) is 7.42. The summed E-state index contributed by atoms with van der Waals surface area (Å²) < 4.78 is 12.0. The molecule has 3 nitrogen and oxygen atoms in total. The molecule has 4 aliphatic rings. The highest BCUT2D eigenvalue weighted by atomic mass is 16.5. The monoisotopic (exact) mass is 283 g/mol. The van der Waals surface area contributed by atoms with Gasteiger partial charge in [0.15, 0.2) is 11.5 Å². The highest BCUT2D eigenvalue weighted by Gasteiger charge is 2.60. The number of methoxy groups -OCH3 is 1. The molecule has 3 heteroatoms. The molecule has 0 N–H and O–H groups in total. The molecule has 1 fully saturated rings. The molecule has 1 spiro atoms. The zero-order valence-corrected chi connectivity index (χ0v) is 12.7. The van der Waals surface area contributed by atoms with E-state index in [2.05, 4.69) is 30.2 Å². The van der Waals surface area contributed by atoms with Crippen LogP contribution in [0.5, 0.6) is 11.5 Å². The van der Waals surface area contributed by atoms with Crippen LogP contribution in [0.25, 0.3) is 0 Å². The minimum absolute atomic E-state index is 0.146. The Hall–Kier alpha value is -1.48.